The van der Waals surface area contributed by atoms with Crippen LogP contribution in [0.2, 0.25) is 0 Å². The average Bonchev–Trinajstić information content (AvgIpc) is 2.52. The predicted molar refractivity (Wildman–Crippen MR) is 71.4 cm³/mol. The highest BCUT2D eigenvalue weighted by atomic mass is 32.1. The molecule has 0 radical (unpaired) electrons. The number of nitrogens with zero attached hydrogens (tertiary/aromatic N) is 2. The predicted octanol–water partition coefficient (Wildman–Crippen LogP) is 1.02. The summed E-state index contributed by atoms with van der Waals surface area (Å²) in [6, 6.07) is 6.73. The zero-order chi connectivity index (χ0) is 14.0. The topological polar surface area (TPSA) is 102 Å². The fourth-order valence-electron chi connectivity index (χ4n) is 1.37. The first kappa shape index (κ1) is 13.1. The molecule has 0 aliphatic rings. The zero-order valence-corrected chi connectivity index (χ0v) is 10.7. The van der Waals surface area contributed by atoms with Gasteiger partial charge >= 0.3 is 5.56 Å². The molecule has 1 aromatic carbocycles. The molecule has 98 valence electrons. The quantitative estimate of drug-likeness (QED) is 0.560. The van der Waals surface area contributed by atoms with Crippen LogP contribution in [0.25, 0.3) is 0 Å². The summed E-state index contributed by atoms with van der Waals surface area (Å²) in [5, 5.41) is 14.7. The van der Waals surface area contributed by atoms with Crippen LogP contribution in [0.3, 0.4) is 0 Å². The van der Waals surface area contributed by atoms with Crippen LogP contribution in [0.4, 0.5) is 11.5 Å². The molecule has 0 bridgehead atoms. The molecule has 0 aliphatic heterocycles. The maximum absolute atomic E-state index is 11.7. The van der Waals surface area contributed by atoms with E-state index in [2.05, 4.69) is 15.2 Å². The van der Waals surface area contributed by atoms with E-state index < -0.39 is 11.1 Å². The van der Waals surface area contributed by atoms with Crippen LogP contribution in [0.5, 0.6) is 0 Å². The van der Waals surface area contributed by atoms with E-state index in [0.29, 0.717) is 10.8 Å². The summed E-state index contributed by atoms with van der Waals surface area (Å²) in [6.07, 6.45) is 0. The number of hydrogen-bond acceptors (Lipinski definition) is 6. The van der Waals surface area contributed by atoms with Gasteiger partial charge < -0.3 is 0 Å². The lowest BCUT2D eigenvalue weighted by Gasteiger charge is -2.13. The Morgan fingerprint density at radius 3 is 2.37 bits per heavy atom. The summed E-state index contributed by atoms with van der Waals surface area (Å²) in [7, 11) is 0. The lowest BCUT2D eigenvalue weighted by atomic mass is 10.2. The van der Waals surface area contributed by atoms with E-state index in [9.17, 15) is 14.8 Å². The zero-order valence-electron chi connectivity index (χ0n) is 9.88. The molecular formula is C11H10N4O3S. The minimum absolute atomic E-state index is 0.330. The first-order chi connectivity index (χ1) is 8.99. The van der Waals surface area contributed by atoms with Crippen LogP contribution in [-0.2, 0) is 0 Å². The van der Waals surface area contributed by atoms with Gasteiger partial charge in [0.1, 0.15) is 0 Å². The molecule has 0 unspecified atom stereocenters. The summed E-state index contributed by atoms with van der Waals surface area (Å²) in [5.74, 6) is -0.382. The number of anilines is 2. The molecule has 8 heteroatoms. The van der Waals surface area contributed by atoms with Crippen molar-refractivity contribution in [2.24, 2.45) is 0 Å². The molecule has 1 heterocycles. The highest BCUT2D eigenvalue weighted by Gasteiger charge is 2.12. The number of aromatic amines is 2. The van der Waals surface area contributed by atoms with Gasteiger partial charge in [-0.25, -0.2) is 10.0 Å². The Hall–Kier alpha value is -2.32. The second-order valence-corrected chi connectivity index (χ2v) is 4.18. The Labute approximate surface area is 112 Å². The van der Waals surface area contributed by atoms with Gasteiger partial charge in [-0.2, -0.15) is 0 Å². The molecule has 2 aromatic rings. The fraction of sp³-hybridized carbons (Fsp3) is 0.0909. The molecule has 0 saturated carbocycles. The largest absolute Gasteiger partial charge is 0.307 e. The van der Waals surface area contributed by atoms with Gasteiger partial charge in [0.2, 0.25) is 5.82 Å². The summed E-state index contributed by atoms with van der Waals surface area (Å²) in [4.78, 5) is 26.5. The van der Waals surface area contributed by atoms with E-state index >= 15 is 0 Å². The molecule has 2 rings (SSSR count). The molecular weight excluding hydrogens is 268 g/mol. The third-order valence-corrected chi connectivity index (χ3v) is 2.65. The van der Waals surface area contributed by atoms with Crippen molar-refractivity contribution < 1.29 is 5.21 Å². The van der Waals surface area contributed by atoms with Crippen LogP contribution >= 0.6 is 12.2 Å². The van der Waals surface area contributed by atoms with Gasteiger partial charge in [0.05, 0.1) is 5.69 Å². The van der Waals surface area contributed by atoms with Crippen LogP contribution in [0.1, 0.15) is 5.56 Å². The molecule has 0 saturated heterocycles. The Morgan fingerprint density at radius 1 is 1.16 bits per heavy atom. The summed E-state index contributed by atoms with van der Waals surface area (Å²) in [5.41, 5.74) is -0.152. The minimum Gasteiger partial charge on any atom is -0.282 e. The Bertz CT molecular complexity index is 766. The molecule has 1 aromatic heterocycles. The van der Waals surface area contributed by atoms with E-state index in [0.717, 1.165) is 5.56 Å². The van der Waals surface area contributed by atoms with Gasteiger partial charge in [-0.05, 0) is 19.1 Å². The van der Waals surface area contributed by atoms with Crippen LogP contribution in [0.15, 0.2) is 33.9 Å². The van der Waals surface area contributed by atoms with Crippen molar-refractivity contribution >= 4 is 23.7 Å². The van der Waals surface area contributed by atoms with Crippen molar-refractivity contribution in [3.63, 3.8) is 0 Å². The first-order valence-corrected chi connectivity index (χ1v) is 5.69. The number of H-pyrrole nitrogens is 2. The van der Waals surface area contributed by atoms with Crippen molar-refractivity contribution in [1.82, 2.24) is 15.2 Å². The summed E-state index contributed by atoms with van der Waals surface area (Å²) in [6.45, 7) is 1.89. The normalized spacial score (nSPS) is 10.2. The molecule has 0 aliphatic carbocycles. The Balaban J connectivity index is 2.59. The van der Waals surface area contributed by atoms with Crippen molar-refractivity contribution in [1.29, 1.82) is 0 Å². The van der Waals surface area contributed by atoms with Gasteiger partial charge in [-0.3, -0.25) is 25.0 Å². The third-order valence-electron chi connectivity index (χ3n) is 2.37. The van der Waals surface area contributed by atoms with Crippen LogP contribution in [-0.4, -0.2) is 20.4 Å². The Kier molecular flexibility index (Phi) is 3.54. The first-order valence-electron chi connectivity index (χ1n) is 5.28. The number of aryl methyl sites for hydroxylation is 1. The van der Waals surface area contributed by atoms with E-state index in [1.54, 1.807) is 24.3 Å². The number of hydrogen-bond donors (Lipinski definition) is 3. The lowest BCUT2D eigenvalue weighted by molar-refractivity contribution is 0.296. The smallest absolute Gasteiger partial charge is 0.282 e. The summed E-state index contributed by atoms with van der Waals surface area (Å²) < 4.78 is -0.348. The standard InChI is InChI=1S/C11H10N4O3S/c1-6-2-4-7(5-3-6)15(18)8-9(16)13-14-10(17)11(19)12-8/h2-5,18H,1H3,(H,13,16)(H,12,14,17,19). The van der Waals surface area contributed by atoms with Gasteiger partial charge in [0, 0.05) is 0 Å². The lowest BCUT2D eigenvalue weighted by Crippen LogP contribution is -2.21. The average molecular weight is 278 g/mol. The van der Waals surface area contributed by atoms with Crippen LogP contribution < -0.4 is 16.2 Å². The van der Waals surface area contributed by atoms with Crippen molar-refractivity contribution in [2.75, 3.05) is 5.06 Å². The number of nitrogens with one attached hydrogen (secondary N) is 2. The molecule has 0 fully saturated rings. The minimum atomic E-state index is -0.767. The van der Waals surface area contributed by atoms with E-state index in [1.807, 2.05) is 6.92 Å². The number of aromatic nitrogens is 3. The second kappa shape index (κ2) is 5.12. The van der Waals surface area contributed by atoms with Gasteiger partial charge in [-0.15, -0.1) is 0 Å². The highest BCUT2D eigenvalue weighted by Crippen LogP contribution is 2.18. The SMILES string of the molecule is Cc1ccc(N(O)c2nc(=S)c(=O)[nH][nH]c2=O)cc1. The van der Waals surface area contributed by atoms with Gasteiger partial charge in [0.25, 0.3) is 5.56 Å². The molecule has 7 nitrogen and oxygen atoms in total. The van der Waals surface area contributed by atoms with Crippen molar-refractivity contribution in [3.05, 3.63) is 55.2 Å². The van der Waals surface area contributed by atoms with E-state index in [1.165, 1.54) is 0 Å². The second-order valence-electron chi connectivity index (χ2n) is 3.80. The van der Waals surface area contributed by atoms with Crippen LogP contribution in [0, 0.1) is 11.6 Å². The van der Waals surface area contributed by atoms with Gasteiger partial charge in [-0.1, -0.05) is 29.9 Å². The molecule has 0 spiro atoms. The van der Waals surface area contributed by atoms with E-state index in [4.69, 9.17) is 12.2 Å². The maximum Gasteiger partial charge on any atom is 0.307 e. The molecule has 3 N–H and O–H groups in total. The van der Waals surface area contributed by atoms with Crippen molar-refractivity contribution in [3.8, 4) is 0 Å². The summed E-state index contributed by atoms with van der Waals surface area (Å²) >= 11 is 4.71. The van der Waals surface area contributed by atoms with Crippen molar-refractivity contribution in [2.45, 2.75) is 6.92 Å². The monoisotopic (exact) mass is 278 g/mol. The molecule has 0 amide bonds. The molecule has 19 heavy (non-hydrogen) atoms. The van der Waals surface area contributed by atoms with Gasteiger partial charge in [0.15, 0.2) is 4.64 Å². The number of rotatable bonds is 2. The maximum atomic E-state index is 11.7. The number of benzene rings is 1. The molecule has 0 atom stereocenters. The highest BCUT2D eigenvalue weighted by molar-refractivity contribution is 7.71. The Morgan fingerprint density at radius 2 is 1.74 bits per heavy atom. The fourth-order valence-corrected chi connectivity index (χ4v) is 1.51. The third kappa shape index (κ3) is 2.75. The van der Waals surface area contributed by atoms with E-state index in [-0.39, 0.29) is 10.5 Å².